The Balaban J connectivity index is 1.39. The van der Waals surface area contributed by atoms with Crippen molar-refractivity contribution in [3.05, 3.63) is 169 Å². The van der Waals surface area contributed by atoms with Gasteiger partial charge in [-0.1, -0.05) is 153 Å². The van der Waals surface area contributed by atoms with E-state index in [2.05, 4.69) is 172 Å². The highest BCUT2D eigenvalue weighted by Gasteiger charge is 2.35. The smallest absolute Gasteiger partial charge is 0.0158 e. The first-order valence-corrected chi connectivity index (χ1v) is 15.9. The van der Waals surface area contributed by atoms with Gasteiger partial charge in [-0.2, -0.15) is 0 Å². The molecule has 0 aliphatic heterocycles. The molecule has 0 saturated carbocycles. The molecular formula is C45H32. The third-order valence-corrected chi connectivity index (χ3v) is 10.0. The van der Waals surface area contributed by atoms with E-state index in [1.807, 2.05) is 0 Å². The van der Waals surface area contributed by atoms with Crippen LogP contribution in [0.3, 0.4) is 0 Å². The second-order valence-electron chi connectivity index (χ2n) is 12.9. The molecule has 0 aromatic heterocycles. The first-order valence-electron chi connectivity index (χ1n) is 15.9. The molecule has 9 rings (SSSR count). The lowest BCUT2D eigenvalue weighted by molar-refractivity contribution is 0.660. The van der Waals surface area contributed by atoms with Crippen LogP contribution in [0.15, 0.2) is 158 Å². The van der Waals surface area contributed by atoms with E-state index in [0.29, 0.717) is 0 Å². The van der Waals surface area contributed by atoms with Gasteiger partial charge in [-0.3, -0.25) is 0 Å². The van der Waals surface area contributed by atoms with Gasteiger partial charge >= 0.3 is 0 Å². The minimum atomic E-state index is -0.0188. The number of hydrogen-bond donors (Lipinski definition) is 0. The molecule has 0 heterocycles. The lowest BCUT2D eigenvalue weighted by Gasteiger charge is -2.22. The minimum absolute atomic E-state index is 0.0188. The molecule has 0 bridgehead atoms. The van der Waals surface area contributed by atoms with Crippen molar-refractivity contribution >= 4 is 32.3 Å². The molecule has 0 heteroatoms. The Bertz CT molecular complexity index is 2440. The Morgan fingerprint density at radius 1 is 0.333 bits per heavy atom. The van der Waals surface area contributed by atoms with Crippen LogP contribution in [0.1, 0.15) is 25.0 Å². The van der Waals surface area contributed by atoms with Crippen LogP contribution < -0.4 is 0 Å². The number of hydrogen-bond acceptors (Lipinski definition) is 0. The van der Waals surface area contributed by atoms with Crippen LogP contribution >= 0.6 is 0 Å². The highest BCUT2D eigenvalue weighted by atomic mass is 14.4. The summed E-state index contributed by atoms with van der Waals surface area (Å²) in [5, 5.41) is 7.65. The molecule has 0 radical (unpaired) electrons. The fourth-order valence-electron chi connectivity index (χ4n) is 7.83. The second kappa shape index (κ2) is 9.78. The van der Waals surface area contributed by atoms with Gasteiger partial charge in [-0.05, 0) is 106 Å². The quantitative estimate of drug-likeness (QED) is 0.185. The standard InChI is InChI=1S/C45H32/c1-45(2)41-19-11-10-16-35(41)39-28-34(23-25-42(39)45)44-37-18-9-8-17-36(37)43(33-21-20-30-14-6-7-15-31(30)26-33)38-24-22-32(27-40(38)44)29-12-4-3-5-13-29/h3-28H,1-2H3. The van der Waals surface area contributed by atoms with Gasteiger partial charge in [0.1, 0.15) is 0 Å². The summed E-state index contributed by atoms with van der Waals surface area (Å²) in [6, 6.07) is 58.5. The lowest BCUT2D eigenvalue weighted by Crippen LogP contribution is -2.14. The first-order chi connectivity index (χ1) is 22.1. The van der Waals surface area contributed by atoms with Gasteiger partial charge in [-0.15, -0.1) is 0 Å². The maximum absolute atomic E-state index is 2.45. The Morgan fingerprint density at radius 3 is 1.73 bits per heavy atom. The van der Waals surface area contributed by atoms with Gasteiger partial charge in [0.15, 0.2) is 0 Å². The molecule has 1 aliphatic carbocycles. The SMILES string of the molecule is CC1(C)c2ccccc2-c2cc(-c3c4ccccc4c(-c4ccc5ccccc5c4)c4ccc(-c5ccccc5)cc34)ccc21. The first kappa shape index (κ1) is 26.0. The zero-order chi connectivity index (χ0) is 30.1. The lowest BCUT2D eigenvalue weighted by atomic mass is 9.81. The summed E-state index contributed by atoms with van der Waals surface area (Å²) in [7, 11) is 0. The summed E-state index contributed by atoms with van der Waals surface area (Å²) >= 11 is 0. The Morgan fingerprint density at radius 2 is 0.911 bits per heavy atom. The maximum atomic E-state index is 2.45. The van der Waals surface area contributed by atoms with Crippen LogP contribution in [-0.4, -0.2) is 0 Å². The molecule has 0 amide bonds. The summed E-state index contributed by atoms with van der Waals surface area (Å²) < 4.78 is 0. The average molecular weight is 573 g/mol. The van der Waals surface area contributed by atoms with Crippen molar-refractivity contribution in [2.45, 2.75) is 19.3 Å². The van der Waals surface area contributed by atoms with Crippen molar-refractivity contribution in [2.24, 2.45) is 0 Å². The van der Waals surface area contributed by atoms with Crippen LogP contribution in [0, 0.1) is 0 Å². The zero-order valence-electron chi connectivity index (χ0n) is 25.5. The topological polar surface area (TPSA) is 0 Å². The molecule has 8 aromatic rings. The third-order valence-electron chi connectivity index (χ3n) is 10.0. The van der Waals surface area contributed by atoms with E-state index in [1.165, 1.54) is 88.0 Å². The molecule has 0 unspecified atom stereocenters. The minimum Gasteiger partial charge on any atom is -0.0622 e. The van der Waals surface area contributed by atoms with E-state index in [1.54, 1.807) is 0 Å². The summed E-state index contributed by atoms with van der Waals surface area (Å²) in [6.45, 7) is 4.71. The van der Waals surface area contributed by atoms with Crippen LogP contribution in [0.4, 0.5) is 0 Å². The van der Waals surface area contributed by atoms with Gasteiger partial charge in [0.25, 0.3) is 0 Å². The fraction of sp³-hybridized carbons (Fsp3) is 0.0667. The number of rotatable bonds is 3. The van der Waals surface area contributed by atoms with Crippen LogP contribution in [-0.2, 0) is 5.41 Å². The van der Waals surface area contributed by atoms with E-state index in [4.69, 9.17) is 0 Å². The van der Waals surface area contributed by atoms with E-state index >= 15 is 0 Å². The molecule has 0 N–H and O–H groups in total. The molecule has 0 atom stereocenters. The molecule has 0 saturated heterocycles. The summed E-state index contributed by atoms with van der Waals surface area (Å²) in [4.78, 5) is 0. The molecular weight excluding hydrogens is 540 g/mol. The summed E-state index contributed by atoms with van der Waals surface area (Å²) in [6.07, 6.45) is 0. The fourth-order valence-corrected chi connectivity index (χ4v) is 7.83. The van der Waals surface area contributed by atoms with Gasteiger partial charge < -0.3 is 0 Å². The highest BCUT2D eigenvalue weighted by molar-refractivity contribution is 6.22. The van der Waals surface area contributed by atoms with E-state index in [0.717, 1.165) is 0 Å². The van der Waals surface area contributed by atoms with Crippen molar-refractivity contribution in [3.63, 3.8) is 0 Å². The van der Waals surface area contributed by atoms with Crippen LogP contribution in [0.25, 0.3) is 76.8 Å². The molecule has 0 nitrogen and oxygen atoms in total. The Labute approximate surface area is 264 Å². The zero-order valence-corrected chi connectivity index (χ0v) is 25.5. The summed E-state index contributed by atoms with van der Waals surface area (Å²) in [5.74, 6) is 0. The van der Waals surface area contributed by atoms with Gasteiger partial charge in [0, 0.05) is 5.41 Å². The monoisotopic (exact) mass is 572 g/mol. The normalized spacial score (nSPS) is 13.3. The molecule has 1 aliphatic rings. The molecule has 8 aromatic carbocycles. The van der Waals surface area contributed by atoms with E-state index in [9.17, 15) is 0 Å². The van der Waals surface area contributed by atoms with Crippen molar-refractivity contribution in [2.75, 3.05) is 0 Å². The van der Waals surface area contributed by atoms with Gasteiger partial charge in [-0.25, -0.2) is 0 Å². The van der Waals surface area contributed by atoms with Crippen molar-refractivity contribution in [1.82, 2.24) is 0 Å². The second-order valence-corrected chi connectivity index (χ2v) is 12.9. The Kier molecular flexibility index (Phi) is 5.64. The molecule has 0 fully saturated rings. The van der Waals surface area contributed by atoms with Crippen LogP contribution in [0.5, 0.6) is 0 Å². The Hall–Kier alpha value is -5.46. The van der Waals surface area contributed by atoms with Crippen molar-refractivity contribution < 1.29 is 0 Å². The van der Waals surface area contributed by atoms with Gasteiger partial charge in [0.2, 0.25) is 0 Å². The average Bonchev–Trinajstić information content (AvgIpc) is 3.32. The summed E-state index contributed by atoms with van der Waals surface area (Å²) in [5.41, 5.74) is 13.1. The predicted molar refractivity (Wildman–Crippen MR) is 193 cm³/mol. The molecule has 45 heavy (non-hydrogen) atoms. The largest absolute Gasteiger partial charge is 0.0622 e. The molecule has 0 spiro atoms. The van der Waals surface area contributed by atoms with E-state index < -0.39 is 0 Å². The third kappa shape index (κ3) is 3.92. The number of fused-ring (bicyclic) bond motifs is 6. The van der Waals surface area contributed by atoms with Crippen molar-refractivity contribution in [1.29, 1.82) is 0 Å². The van der Waals surface area contributed by atoms with Crippen LogP contribution in [0.2, 0.25) is 0 Å². The molecule has 212 valence electrons. The maximum Gasteiger partial charge on any atom is 0.0158 e. The predicted octanol–water partition coefficient (Wildman–Crippen LogP) is 12.5. The number of benzene rings is 8. The highest BCUT2D eigenvalue weighted by Crippen LogP contribution is 2.51. The van der Waals surface area contributed by atoms with Gasteiger partial charge in [0.05, 0.1) is 0 Å². The van der Waals surface area contributed by atoms with E-state index in [-0.39, 0.29) is 5.41 Å². The van der Waals surface area contributed by atoms with Crippen molar-refractivity contribution in [3.8, 4) is 44.5 Å².